The number of nitrogens with zero attached hydrogens (tertiary/aromatic N) is 1. The largest absolute Gasteiger partial charge is 0.481 e. The van der Waals surface area contributed by atoms with Crippen molar-refractivity contribution in [2.24, 2.45) is 5.92 Å². The molecule has 0 aliphatic rings. The Balaban J connectivity index is 3.02. The van der Waals surface area contributed by atoms with Crippen LogP contribution in [0.1, 0.15) is 31.5 Å². The van der Waals surface area contributed by atoms with Gasteiger partial charge in [0.2, 0.25) is 0 Å². The lowest BCUT2D eigenvalue weighted by Crippen LogP contribution is -2.27. The van der Waals surface area contributed by atoms with Gasteiger partial charge in [0, 0.05) is 17.8 Å². The highest BCUT2D eigenvalue weighted by atomic mass is 16.4. The molecule has 0 aliphatic heterocycles. The summed E-state index contributed by atoms with van der Waals surface area (Å²) in [4.78, 5) is 22.7. The van der Waals surface area contributed by atoms with E-state index in [1.54, 1.807) is 16.7 Å². The highest BCUT2D eigenvalue weighted by Crippen LogP contribution is 2.05. The molecule has 0 fully saturated rings. The van der Waals surface area contributed by atoms with E-state index in [1.165, 1.54) is 0 Å². The summed E-state index contributed by atoms with van der Waals surface area (Å²) in [5, 5.41) is 8.72. The van der Waals surface area contributed by atoms with E-state index in [0.717, 1.165) is 12.1 Å². The van der Waals surface area contributed by atoms with Crippen molar-refractivity contribution in [3.63, 3.8) is 0 Å². The van der Waals surface area contributed by atoms with Crippen molar-refractivity contribution in [1.82, 2.24) is 4.57 Å². The minimum atomic E-state index is -0.971. The molecule has 0 unspecified atom stereocenters. The van der Waals surface area contributed by atoms with Crippen molar-refractivity contribution in [3.8, 4) is 0 Å². The first-order valence-electron chi connectivity index (χ1n) is 5.83. The van der Waals surface area contributed by atoms with Gasteiger partial charge >= 0.3 is 5.97 Å². The van der Waals surface area contributed by atoms with E-state index in [4.69, 9.17) is 5.11 Å². The Bertz CT molecular complexity index is 460. The van der Waals surface area contributed by atoms with Crippen LogP contribution in [0.3, 0.4) is 0 Å². The summed E-state index contributed by atoms with van der Waals surface area (Å²) >= 11 is 0. The van der Waals surface area contributed by atoms with E-state index in [-0.39, 0.29) is 12.0 Å². The molecule has 1 rings (SSSR count). The molecule has 0 saturated heterocycles. The maximum absolute atomic E-state index is 12.0. The zero-order valence-corrected chi connectivity index (χ0v) is 10.6. The average Bonchev–Trinajstić information content (AvgIpc) is 2.21. The lowest BCUT2D eigenvalue weighted by Gasteiger charge is -2.12. The zero-order chi connectivity index (χ0) is 13.0. The van der Waals surface area contributed by atoms with Gasteiger partial charge in [-0.15, -0.1) is 0 Å². The molecule has 0 atom stereocenters. The first-order valence-corrected chi connectivity index (χ1v) is 5.83. The topological polar surface area (TPSA) is 59.3 Å². The molecular weight excluding hydrogens is 218 g/mol. The maximum atomic E-state index is 12.0. The third kappa shape index (κ3) is 3.73. The second-order valence-electron chi connectivity index (χ2n) is 4.71. The fraction of sp³-hybridized carbons (Fsp3) is 0.538. The number of carboxylic acids is 1. The number of hydrogen-bond acceptors (Lipinski definition) is 2. The third-order valence-electron chi connectivity index (χ3n) is 2.74. The molecule has 1 aromatic rings. The molecule has 1 N–H and O–H groups in total. The van der Waals surface area contributed by atoms with Gasteiger partial charge in [0.1, 0.15) is 0 Å². The fourth-order valence-corrected chi connectivity index (χ4v) is 1.68. The van der Waals surface area contributed by atoms with Gasteiger partial charge in [0.25, 0.3) is 5.56 Å². The predicted octanol–water partition coefficient (Wildman–Crippen LogP) is 1.83. The molecule has 0 bridgehead atoms. The quantitative estimate of drug-likeness (QED) is 0.850. The number of aliphatic carboxylic acids is 1. The van der Waals surface area contributed by atoms with E-state index in [1.807, 2.05) is 6.92 Å². The van der Waals surface area contributed by atoms with Gasteiger partial charge in [-0.2, -0.15) is 0 Å². The minimum Gasteiger partial charge on any atom is -0.481 e. The Morgan fingerprint density at radius 3 is 2.59 bits per heavy atom. The van der Waals surface area contributed by atoms with Crippen molar-refractivity contribution >= 4 is 5.97 Å². The van der Waals surface area contributed by atoms with Gasteiger partial charge in [-0.05, 0) is 25.3 Å². The van der Waals surface area contributed by atoms with Crippen LogP contribution in [0, 0.1) is 12.8 Å². The van der Waals surface area contributed by atoms with E-state index in [9.17, 15) is 9.59 Å². The van der Waals surface area contributed by atoms with Crippen molar-refractivity contribution < 1.29 is 9.90 Å². The SMILES string of the molecule is Cc1ccc(CC(=O)O)c(=O)n1CCC(C)C. The lowest BCUT2D eigenvalue weighted by atomic mass is 10.1. The lowest BCUT2D eigenvalue weighted by molar-refractivity contribution is -0.136. The molecule has 4 heteroatoms. The van der Waals surface area contributed by atoms with Crippen LogP contribution in [0.5, 0.6) is 0 Å². The van der Waals surface area contributed by atoms with Crippen LogP contribution in [0.2, 0.25) is 0 Å². The van der Waals surface area contributed by atoms with Crippen molar-refractivity contribution in [1.29, 1.82) is 0 Å². The normalized spacial score (nSPS) is 10.8. The van der Waals surface area contributed by atoms with Gasteiger partial charge in [-0.3, -0.25) is 9.59 Å². The molecule has 0 amide bonds. The van der Waals surface area contributed by atoms with E-state index in [2.05, 4.69) is 13.8 Å². The number of carbonyl (C=O) groups is 1. The van der Waals surface area contributed by atoms with E-state index < -0.39 is 5.97 Å². The first-order chi connectivity index (χ1) is 7.91. The average molecular weight is 237 g/mol. The molecule has 0 spiro atoms. The third-order valence-corrected chi connectivity index (χ3v) is 2.74. The maximum Gasteiger partial charge on any atom is 0.308 e. The van der Waals surface area contributed by atoms with Crippen LogP contribution in [-0.4, -0.2) is 15.6 Å². The fourth-order valence-electron chi connectivity index (χ4n) is 1.68. The standard InChI is InChI=1S/C13H19NO3/c1-9(2)6-7-14-10(3)4-5-11(13(14)17)8-12(15)16/h4-5,9H,6-8H2,1-3H3,(H,15,16). The second-order valence-corrected chi connectivity index (χ2v) is 4.71. The number of pyridine rings is 1. The van der Waals surface area contributed by atoms with Gasteiger partial charge < -0.3 is 9.67 Å². The summed E-state index contributed by atoms with van der Waals surface area (Å²) in [5.41, 5.74) is 1.06. The Kier molecular flexibility index (Phi) is 4.49. The van der Waals surface area contributed by atoms with E-state index in [0.29, 0.717) is 18.0 Å². The molecule has 0 aromatic carbocycles. The van der Waals surface area contributed by atoms with Gasteiger partial charge in [-0.25, -0.2) is 0 Å². The monoisotopic (exact) mass is 237 g/mol. The molecule has 0 aliphatic carbocycles. The Morgan fingerprint density at radius 1 is 1.41 bits per heavy atom. The summed E-state index contributed by atoms with van der Waals surface area (Å²) in [5.74, 6) is -0.453. The summed E-state index contributed by atoms with van der Waals surface area (Å²) in [6, 6.07) is 3.41. The number of hydrogen-bond donors (Lipinski definition) is 1. The van der Waals surface area contributed by atoms with Crippen LogP contribution in [0.25, 0.3) is 0 Å². The van der Waals surface area contributed by atoms with Crippen LogP contribution in [0.15, 0.2) is 16.9 Å². The number of rotatable bonds is 5. The Morgan fingerprint density at radius 2 is 2.06 bits per heavy atom. The Labute approximate surface area is 101 Å². The van der Waals surface area contributed by atoms with Crippen molar-refractivity contribution in [2.75, 3.05) is 0 Å². The summed E-state index contributed by atoms with van der Waals surface area (Å²) in [6.07, 6.45) is 0.706. The summed E-state index contributed by atoms with van der Waals surface area (Å²) < 4.78 is 1.66. The molecule has 0 radical (unpaired) electrons. The number of aromatic nitrogens is 1. The van der Waals surface area contributed by atoms with Crippen LogP contribution < -0.4 is 5.56 Å². The summed E-state index contributed by atoms with van der Waals surface area (Å²) in [7, 11) is 0. The highest BCUT2D eigenvalue weighted by Gasteiger charge is 2.09. The van der Waals surface area contributed by atoms with Crippen molar-refractivity contribution in [2.45, 2.75) is 40.2 Å². The summed E-state index contributed by atoms with van der Waals surface area (Å²) in [6.45, 7) is 6.71. The van der Waals surface area contributed by atoms with Crippen LogP contribution in [0.4, 0.5) is 0 Å². The van der Waals surface area contributed by atoms with Crippen LogP contribution in [-0.2, 0) is 17.8 Å². The van der Waals surface area contributed by atoms with Crippen LogP contribution >= 0.6 is 0 Å². The molecule has 4 nitrogen and oxygen atoms in total. The smallest absolute Gasteiger partial charge is 0.308 e. The predicted molar refractivity (Wildman–Crippen MR) is 66.2 cm³/mol. The molecule has 94 valence electrons. The molecule has 1 aromatic heterocycles. The van der Waals surface area contributed by atoms with Gasteiger partial charge in [0.15, 0.2) is 0 Å². The molecule has 0 saturated carbocycles. The van der Waals surface area contributed by atoms with Crippen molar-refractivity contribution in [3.05, 3.63) is 33.7 Å². The highest BCUT2D eigenvalue weighted by molar-refractivity contribution is 5.69. The second kappa shape index (κ2) is 5.66. The molecule has 1 heterocycles. The number of aryl methyl sites for hydroxylation is 1. The number of carboxylic acid groups (broad SMARTS) is 1. The zero-order valence-electron chi connectivity index (χ0n) is 10.6. The Hall–Kier alpha value is -1.58. The van der Waals surface area contributed by atoms with Gasteiger partial charge in [0.05, 0.1) is 6.42 Å². The van der Waals surface area contributed by atoms with Gasteiger partial charge in [-0.1, -0.05) is 19.9 Å². The molecular formula is C13H19NO3. The van der Waals surface area contributed by atoms with E-state index >= 15 is 0 Å². The minimum absolute atomic E-state index is 0.173. The molecule has 17 heavy (non-hydrogen) atoms. The first kappa shape index (κ1) is 13.5.